The molecule has 8 heteroatoms. The van der Waals surface area contributed by atoms with E-state index >= 15 is 0 Å². The number of aliphatic imine (C=N–C) groups is 1. The Labute approximate surface area is 221 Å². The highest BCUT2D eigenvalue weighted by Gasteiger charge is 2.58. The second kappa shape index (κ2) is 9.67. The predicted octanol–water partition coefficient (Wildman–Crippen LogP) is 5.35. The van der Waals surface area contributed by atoms with E-state index < -0.39 is 16.8 Å². The van der Waals surface area contributed by atoms with E-state index in [4.69, 9.17) is 26.3 Å². The number of carbonyl (C=O) groups excluding carboxylic acids is 2. The van der Waals surface area contributed by atoms with Crippen LogP contribution in [0, 0.1) is 5.41 Å². The molecule has 2 heterocycles. The number of esters is 1. The molecule has 0 bridgehead atoms. The fourth-order valence-electron chi connectivity index (χ4n) is 5.90. The van der Waals surface area contributed by atoms with Crippen molar-refractivity contribution in [3.8, 4) is 5.69 Å². The Morgan fingerprint density at radius 2 is 1.95 bits per heavy atom. The van der Waals surface area contributed by atoms with E-state index in [1.165, 1.54) is 0 Å². The molecular formula is C29H31ClN4O3. The van der Waals surface area contributed by atoms with Gasteiger partial charge in [-0.25, -0.2) is 14.8 Å². The third kappa shape index (κ3) is 4.27. The zero-order valence-corrected chi connectivity index (χ0v) is 21.8. The number of aromatic nitrogens is 3. The molecule has 2 atom stereocenters. The maximum absolute atomic E-state index is 12.9. The van der Waals surface area contributed by atoms with E-state index in [9.17, 15) is 9.59 Å². The van der Waals surface area contributed by atoms with Gasteiger partial charge in [-0.1, -0.05) is 31.4 Å². The van der Waals surface area contributed by atoms with Crippen molar-refractivity contribution in [2.75, 3.05) is 6.61 Å². The van der Waals surface area contributed by atoms with E-state index in [-0.39, 0.29) is 18.4 Å². The molecule has 1 aromatic carbocycles. The number of alkyl halides is 1. The van der Waals surface area contributed by atoms with E-state index in [1.807, 2.05) is 36.4 Å². The van der Waals surface area contributed by atoms with Crippen LogP contribution in [-0.2, 0) is 20.7 Å². The minimum atomic E-state index is -0.736. The summed E-state index contributed by atoms with van der Waals surface area (Å²) < 4.78 is 7.51. The zero-order valence-electron chi connectivity index (χ0n) is 21.0. The molecule has 2 aromatic heterocycles. The lowest BCUT2D eigenvalue weighted by atomic mass is 9.58. The molecule has 0 amide bonds. The maximum Gasteiger partial charge on any atom is 0.331 e. The Hall–Kier alpha value is -3.06. The Morgan fingerprint density at radius 1 is 1.19 bits per heavy atom. The molecule has 0 saturated heterocycles. The van der Waals surface area contributed by atoms with Gasteiger partial charge < -0.3 is 4.74 Å². The topological polar surface area (TPSA) is 86.4 Å². The summed E-state index contributed by atoms with van der Waals surface area (Å²) in [4.78, 5) is 40.0. The number of ether oxygens (including phenoxy) is 1. The summed E-state index contributed by atoms with van der Waals surface area (Å²) in [6.45, 7) is 2.07. The predicted molar refractivity (Wildman–Crippen MR) is 143 cm³/mol. The van der Waals surface area contributed by atoms with Crippen molar-refractivity contribution in [1.29, 1.82) is 0 Å². The van der Waals surface area contributed by atoms with Crippen LogP contribution in [0.5, 0.6) is 0 Å². The van der Waals surface area contributed by atoms with Gasteiger partial charge in [-0.05, 0) is 62.4 Å². The number of pyridine rings is 1. The second-order valence-electron chi connectivity index (χ2n) is 10.4. The minimum absolute atomic E-state index is 0.0622. The summed E-state index contributed by atoms with van der Waals surface area (Å²) in [5.74, 6) is 1.21. The van der Waals surface area contributed by atoms with Crippen molar-refractivity contribution < 1.29 is 14.3 Å². The van der Waals surface area contributed by atoms with Crippen molar-refractivity contribution >= 4 is 40.2 Å². The largest absolute Gasteiger partial charge is 0.464 e. The first-order chi connectivity index (χ1) is 18.0. The molecule has 37 heavy (non-hydrogen) atoms. The Morgan fingerprint density at radius 3 is 2.65 bits per heavy atom. The normalized spacial score (nSPS) is 22.8. The highest BCUT2D eigenvalue weighted by molar-refractivity contribution is 6.54. The Bertz CT molecular complexity index is 1370. The molecule has 3 fully saturated rings. The van der Waals surface area contributed by atoms with Gasteiger partial charge in [-0.15, -0.1) is 11.6 Å². The average Bonchev–Trinajstić information content (AvgIpc) is 3.71. The molecule has 7 nitrogen and oxygen atoms in total. The molecule has 0 radical (unpaired) electrons. The van der Waals surface area contributed by atoms with Gasteiger partial charge in [0, 0.05) is 24.2 Å². The zero-order chi connectivity index (χ0) is 25.6. The van der Waals surface area contributed by atoms with Crippen LogP contribution in [0.3, 0.4) is 0 Å². The fourth-order valence-corrected chi connectivity index (χ4v) is 6.37. The molecule has 3 aliphatic rings. The van der Waals surface area contributed by atoms with Gasteiger partial charge in [0.1, 0.15) is 16.7 Å². The van der Waals surface area contributed by atoms with Gasteiger partial charge in [0.15, 0.2) is 17.5 Å². The van der Waals surface area contributed by atoms with Crippen LogP contribution in [0.15, 0.2) is 47.6 Å². The number of imidazole rings is 1. The summed E-state index contributed by atoms with van der Waals surface area (Å²) in [6, 6.07) is 11.3. The molecular weight excluding hydrogens is 488 g/mol. The van der Waals surface area contributed by atoms with E-state index in [2.05, 4.69) is 9.55 Å². The molecule has 3 saturated carbocycles. The number of hydrogen-bond acceptors (Lipinski definition) is 6. The summed E-state index contributed by atoms with van der Waals surface area (Å²) >= 11 is 6.44. The van der Waals surface area contributed by atoms with Crippen molar-refractivity contribution in [3.05, 3.63) is 54.0 Å². The Balaban J connectivity index is 1.29. The van der Waals surface area contributed by atoms with Crippen molar-refractivity contribution in [2.24, 2.45) is 10.4 Å². The third-order valence-electron chi connectivity index (χ3n) is 8.00. The first-order valence-corrected chi connectivity index (χ1v) is 13.8. The van der Waals surface area contributed by atoms with Crippen molar-refractivity contribution in [1.82, 2.24) is 14.5 Å². The van der Waals surface area contributed by atoms with Gasteiger partial charge in [-0.3, -0.25) is 14.4 Å². The van der Waals surface area contributed by atoms with E-state index in [0.717, 1.165) is 73.2 Å². The maximum atomic E-state index is 12.9. The van der Waals surface area contributed by atoms with Crippen LogP contribution in [0.4, 0.5) is 0 Å². The number of benzene rings is 1. The molecule has 1 spiro atoms. The lowest BCUT2D eigenvalue weighted by molar-refractivity contribution is -0.144. The summed E-state index contributed by atoms with van der Waals surface area (Å²) in [6.07, 6.45) is 9.11. The number of hydrogen-bond donors (Lipinski definition) is 0. The number of fused-ring (bicyclic) bond motifs is 1. The van der Waals surface area contributed by atoms with Gasteiger partial charge in [-0.2, -0.15) is 0 Å². The number of carbonyl (C=O) groups is 2. The number of nitrogens with zero attached hydrogens (tertiary/aromatic N) is 4. The molecule has 3 aromatic rings. The third-order valence-corrected chi connectivity index (χ3v) is 8.41. The highest BCUT2D eigenvalue weighted by Crippen LogP contribution is 2.49. The number of rotatable bonds is 7. The SMILES string of the molecule is CCOC(=O)[C@H](Cc1ccc(-n2c(C3CC3)nc3cccnc32)cc1)N=C1C(Cl)C(=O)C12CCCCC2. The van der Waals surface area contributed by atoms with Crippen LogP contribution < -0.4 is 0 Å². The van der Waals surface area contributed by atoms with Gasteiger partial charge >= 0.3 is 5.97 Å². The standard InChI is InChI=1S/C29H31ClN4O3/c1-2-37-28(36)22(32-24-23(30)25(35)29(24)14-4-3-5-15-29)17-18-8-12-20(13-9-18)34-26(19-10-11-19)33-21-7-6-16-31-27(21)34/h6-9,12-13,16,19,22-23H,2-5,10-11,14-15,17H2,1H3/t22-,23?/m0/s1. The molecule has 6 rings (SSSR count). The summed E-state index contributed by atoms with van der Waals surface area (Å²) in [5, 5.41) is -0.736. The summed E-state index contributed by atoms with van der Waals surface area (Å²) in [5.41, 5.74) is 3.82. The van der Waals surface area contributed by atoms with Crippen molar-refractivity contribution in [3.63, 3.8) is 0 Å². The Kier molecular flexibility index (Phi) is 6.35. The van der Waals surface area contributed by atoms with Crippen LogP contribution in [-0.4, -0.2) is 50.0 Å². The van der Waals surface area contributed by atoms with Gasteiger partial charge in [0.05, 0.1) is 17.7 Å². The molecule has 0 N–H and O–H groups in total. The quantitative estimate of drug-likeness (QED) is 0.310. The second-order valence-corrected chi connectivity index (χ2v) is 10.9. The van der Waals surface area contributed by atoms with Gasteiger partial charge in [0.2, 0.25) is 0 Å². The monoisotopic (exact) mass is 518 g/mol. The minimum Gasteiger partial charge on any atom is -0.464 e. The number of ketones is 1. The molecule has 1 unspecified atom stereocenters. The fraction of sp³-hybridized carbons (Fsp3) is 0.483. The number of Topliss-reactive ketones (excluding diaryl/α,β-unsaturated/α-hetero) is 1. The summed E-state index contributed by atoms with van der Waals surface area (Å²) in [7, 11) is 0. The molecule has 192 valence electrons. The van der Waals surface area contributed by atoms with Crippen molar-refractivity contribution in [2.45, 2.75) is 75.6 Å². The van der Waals surface area contributed by atoms with Crippen LogP contribution in [0.1, 0.15) is 69.2 Å². The molecule has 3 aliphatic carbocycles. The van der Waals surface area contributed by atoms with E-state index in [1.54, 1.807) is 13.1 Å². The van der Waals surface area contributed by atoms with Crippen LogP contribution >= 0.6 is 11.6 Å². The lowest BCUT2D eigenvalue weighted by Crippen LogP contribution is -2.61. The average molecular weight is 519 g/mol. The van der Waals surface area contributed by atoms with Gasteiger partial charge in [0.25, 0.3) is 0 Å². The smallest absolute Gasteiger partial charge is 0.331 e. The van der Waals surface area contributed by atoms with E-state index in [0.29, 0.717) is 18.1 Å². The first kappa shape index (κ1) is 24.3. The molecule has 0 aliphatic heterocycles. The first-order valence-electron chi connectivity index (χ1n) is 13.4. The van der Waals surface area contributed by atoms with Crippen LogP contribution in [0.25, 0.3) is 16.9 Å². The lowest BCUT2D eigenvalue weighted by Gasteiger charge is -2.47. The van der Waals surface area contributed by atoms with Crippen LogP contribution in [0.2, 0.25) is 0 Å². The number of halogens is 1. The highest BCUT2D eigenvalue weighted by atomic mass is 35.5.